The van der Waals surface area contributed by atoms with Gasteiger partial charge in [-0.1, -0.05) is 6.92 Å². The second kappa shape index (κ2) is 5.41. The van der Waals surface area contributed by atoms with Crippen LogP contribution in [0.5, 0.6) is 0 Å². The maximum Gasteiger partial charge on any atom is 0.236 e. The first kappa shape index (κ1) is 13.4. The second-order valence-corrected chi connectivity index (χ2v) is 6.40. The molecule has 0 aromatic carbocycles. The van der Waals surface area contributed by atoms with Gasteiger partial charge in [-0.2, -0.15) is 0 Å². The van der Waals surface area contributed by atoms with Crippen molar-refractivity contribution in [1.29, 1.82) is 0 Å². The van der Waals surface area contributed by atoms with Gasteiger partial charge in [0.15, 0.2) is 0 Å². The van der Waals surface area contributed by atoms with Gasteiger partial charge in [-0.3, -0.25) is 9.69 Å². The fraction of sp³-hybridized carbons (Fsp3) is 0.933. The summed E-state index contributed by atoms with van der Waals surface area (Å²) in [6.45, 7) is 9.31. The van der Waals surface area contributed by atoms with Gasteiger partial charge in [-0.05, 0) is 51.1 Å². The number of fused-ring (bicyclic) bond motifs is 1. The molecular weight excluding hydrogens is 238 g/mol. The van der Waals surface area contributed by atoms with Crippen LogP contribution in [-0.2, 0) is 4.79 Å². The summed E-state index contributed by atoms with van der Waals surface area (Å²) >= 11 is 0. The summed E-state index contributed by atoms with van der Waals surface area (Å²) in [5, 5.41) is 3.50. The molecule has 1 amide bonds. The Hall–Kier alpha value is -0.610. The molecular formula is C15H27N3O. The molecule has 4 nitrogen and oxygen atoms in total. The van der Waals surface area contributed by atoms with E-state index in [1.165, 1.54) is 19.3 Å². The normalized spacial score (nSPS) is 34.5. The summed E-state index contributed by atoms with van der Waals surface area (Å²) in [6, 6.07) is 1.17. The lowest BCUT2D eigenvalue weighted by molar-refractivity contribution is -0.133. The lowest BCUT2D eigenvalue weighted by Crippen LogP contribution is -2.44. The van der Waals surface area contributed by atoms with Gasteiger partial charge in [0.2, 0.25) is 5.91 Å². The Labute approximate surface area is 116 Å². The van der Waals surface area contributed by atoms with Crippen LogP contribution in [0.25, 0.3) is 0 Å². The van der Waals surface area contributed by atoms with Gasteiger partial charge in [0.05, 0.1) is 6.54 Å². The van der Waals surface area contributed by atoms with Crippen molar-refractivity contribution < 1.29 is 4.79 Å². The van der Waals surface area contributed by atoms with E-state index in [0.29, 0.717) is 24.5 Å². The highest BCUT2D eigenvalue weighted by Crippen LogP contribution is 2.34. The predicted molar refractivity (Wildman–Crippen MR) is 75.9 cm³/mol. The zero-order valence-corrected chi connectivity index (χ0v) is 12.3. The molecule has 0 radical (unpaired) electrons. The van der Waals surface area contributed by atoms with E-state index in [0.717, 1.165) is 38.0 Å². The highest BCUT2D eigenvalue weighted by Gasteiger charge is 2.44. The SMILES string of the molecule is CCC1C2CNCC2CN1CC(=O)N(CC)C1CC1. The monoisotopic (exact) mass is 265 g/mol. The molecule has 3 fully saturated rings. The lowest BCUT2D eigenvalue weighted by atomic mass is 9.93. The van der Waals surface area contributed by atoms with E-state index in [4.69, 9.17) is 0 Å². The Morgan fingerprint density at radius 1 is 1.32 bits per heavy atom. The number of carbonyl (C=O) groups is 1. The third-order valence-corrected chi connectivity index (χ3v) is 5.23. The predicted octanol–water partition coefficient (Wildman–Crippen LogP) is 0.927. The molecule has 3 unspecified atom stereocenters. The van der Waals surface area contributed by atoms with Crippen molar-refractivity contribution in [2.75, 3.05) is 32.7 Å². The molecule has 1 aliphatic carbocycles. The van der Waals surface area contributed by atoms with Gasteiger partial charge in [-0.25, -0.2) is 0 Å². The van der Waals surface area contributed by atoms with Crippen molar-refractivity contribution in [2.24, 2.45) is 11.8 Å². The highest BCUT2D eigenvalue weighted by molar-refractivity contribution is 5.79. The van der Waals surface area contributed by atoms with Crippen molar-refractivity contribution in [3.05, 3.63) is 0 Å². The van der Waals surface area contributed by atoms with Crippen LogP contribution in [0.3, 0.4) is 0 Å². The maximum absolute atomic E-state index is 12.5. The molecule has 0 aromatic heterocycles. The molecule has 2 saturated heterocycles. The summed E-state index contributed by atoms with van der Waals surface area (Å²) in [7, 11) is 0. The van der Waals surface area contributed by atoms with Gasteiger partial charge in [0.1, 0.15) is 0 Å². The molecule has 0 bridgehead atoms. The van der Waals surface area contributed by atoms with Gasteiger partial charge in [0, 0.05) is 25.2 Å². The van der Waals surface area contributed by atoms with E-state index in [-0.39, 0.29) is 0 Å². The molecule has 2 aliphatic heterocycles. The fourth-order valence-electron chi connectivity index (χ4n) is 4.14. The Kier molecular flexibility index (Phi) is 3.81. The zero-order valence-electron chi connectivity index (χ0n) is 12.3. The number of nitrogens with zero attached hydrogens (tertiary/aromatic N) is 2. The quantitative estimate of drug-likeness (QED) is 0.803. The Bertz CT molecular complexity index is 342. The van der Waals surface area contributed by atoms with Gasteiger partial charge < -0.3 is 10.2 Å². The minimum Gasteiger partial charge on any atom is -0.339 e. The third-order valence-electron chi connectivity index (χ3n) is 5.23. The third kappa shape index (κ3) is 2.52. The molecule has 1 saturated carbocycles. The first-order valence-electron chi connectivity index (χ1n) is 7.98. The molecule has 108 valence electrons. The minimum absolute atomic E-state index is 0.358. The average Bonchev–Trinajstić information content (AvgIpc) is 3.01. The number of carbonyl (C=O) groups excluding carboxylic acids is 1. The molecule has 3 atom stereocenters. The van der Waals surface area contributed by atoms with Crippen LogP contribution in [-0.4, -0.2) is 60.5 Å². The molecule has 0 aromatic rings. The van der Waals surface area contributed by atoms with Crippen LogP contribution in [0, 0.1) is 11.8 Å². The summed E-state index contributed by atoms with van der Waals surface area (Å²) in [5.74, 6) is 1.90. The van der Waals surface area contributed by atoms with Crippen LogP contribution in [0.2, 0.25) is 0 Å². The summed E-state index contributed by atoms with van der Waals surface area (Å²) < 4.78 is 0. The number of nitrogens with one attached hydrogen (secondary N) is 1. The summed E-state index contributed by atoms with van der Waals surface area (Å²) in [4.78, 5) is 17.0. The van der Waals surface area contributed by atoms with Crippen molar-refractivity contribution >= 4 is 5.91 Å². The number of likely N-dealkylation sites (tertiary alicyclic amines) is 1. The van der Waals surface area contributed by atoms with E-state index in [1.54, 1.807) is 0 Å². The molecule has 4 heteroatoms. The standard InChI is InChI=1S/C15H27N3O/c1-3-14-13-8-16-7-11(13)9-17(14)10-15(19)18(4-2)12-5-6-12/h11-14,16H,3-10H2,1-2H3. The largest absolute Gasteiger partial charge is 0.339 e. The van der Waals surface area contributed by atoms with Crippen molar-refractivity contribution in [1.82, 2.24) is 15.1 Å². The highest BCUT2D eigenvalue weighted by atomic mass is 16.2. The van der Waals surface area contributed by atoms with E-state index in [1.807, 2.05) is 0 Å². The number of hydrogen-bond acceptors (Lipinski definition) is 3. The van der Waals surface area contributed by atoms with Crippen LogP contribution in [0.4, 0.5) is 0 Å². The molecule has 3 rings (SSSR count). The summed E-state index contributed by atoms with van der Waals surface area (Å²) in [6.07, 6.45) is 3.60. The van der Waals surface area contributed by atoms with Crippen LogP contribution in [0.15, 0.2) is 0 Å². The second-order valence-electron chi connectivity index (χ2n) is 6.40. The fourth-order valence-corrected chi connectivity index (χ4v) is 4.14. The number of hydrogen-bond donors (Lipinski definition) is 1. The van der Waals surface area contributed by atoms with Gasteiger partial charge in [-0.15, -0.1) is 0 Å². The van der Waals surface area contributed by atoms with Gasteiger partial charge in [0.25, 0.3) is 0 Å². The van der Waals surface area contributed by atoms with Crippen molar-refractivity contribution in [2.45, 2.75) is 45.2 Å². The first-order valence-corrected chi connectivity index (χ1v) is 7.98. The Morgan fingerprint density at radius 3 is 2.74 bits per heavy atom. The van der Waals surface area contributed by atoms with Crippen molar-refractivity contribution in [3.63, 3.8) is 0 Å². The number of amides is 1. The van der Waals surface area contributed by atoms with Crippen LogP contribution < -0.4 is 5.32 Å². The molecule has 1 N–H and O–H groups in total. The first-order chi connectivity index (χ1) is 9.24. The van der Waals surface area contributed by atoms with Crippen LogP contribution in [0.1, 0.15) is 33.1 Å². The minimum atomic E-state index is 0.358. The number of rotatable bonds is 5. The van der Waals surface area contributed by atoms with E-state index in [2.05, 4.69) is 29.0 Å². The smallest absolute Gasteiger partial charge is 0.236 e. The molecule has 3 aliphatic rings. The molecule has 2 heterocycles. The maximum atomic E-state index is 12.5. The van der Waals surface area contributed by atoms with Crippen LogP contribution >= 0.6 is 0 Å². The van der Waals surface area contributed by atoms with E-state index in [9.17, 15) is 4.79 Å². The Balaban J connectivity index is 1.61. The summed E-state index contributed by atoms with van der Waals surface area (Å²) in [5.41, 5.74) is 0. The topological polar surface area (TPSA) is 35.6 Å². The lowest BCUT2D eigenvalue weighted by Gasteiger charge is -2.29. The molecule has 19 heavy (non-hydrogen) atoms. The van der Waals surface area contributed by atoms with Gasteiger partial charge >= 0.3 is 0 Å². The van der Waals surface area contributed by atoms with E-state index < -0.39 is 0 Å². The number of likely N-dealkylation sites (N-methyl/N-ethyl adjacent to an activating group) is 1. The Morgan fingerprint density at radius 2 is 2.11 bits per heavy atom. The van der Waals surface area contributed by atoms with Crippen molar-refractivity contribution in [3.8, 4) is 0 Å². The average molecular weight is 265 g/mol. The molecule has 0 spiro atoms. The van der Waals surface area contributed by atoms with E-state index >= 15 is 0 Å². The zero-order chi connectivity index (χ0) is 13.4.